The molecule has 0 bridgehead atoms. The molecule has 0 radical (unpaired) electrons. The molecule has 0 unspecified atom stereocenters. The van der Waals surface area contributed by atoms with E-state index < -0.39 is 0 Å². The highest BCUT2D eigenvalue weighted by Gasteiger charge is 2.19. The molecular weight excluding hydrogens is 274 g/mol. The van der Waals surface area contributed by atoms with Crippen molar-refractivity contribution in [2.24, 2.45) is 0 Å². The van der Waals surface area contributed by atoms with Gasteiger partial charge in [0.1, 0.15) is 11.6 Å². The minimum Gasteiger partial charge on any atom is -0.366 e. The highest BCUT2D eigenvalue weighted by atomic mass is 15.3. The third-order valence-corrected chi connectivity index (χ3v) is 3.94. The van der Waals surface area contributed by atoms with E-state index in [1.54, 1.807) is 0 Å². The fourth-order valence-corrected chi connectivity index (χ4v) is 2.83. The Hall–Kier alpha value is -2.14. The third-order valence-electron chi connectivity index (χ3n) is 3.94. The quantitative estimate of drug-likeness (QED) is 0.915. The number of piperazine rings is 1. The zero-order chi connectivity index (χ0) is 15.2. The number of pyridine rings is 2. The van der Waals surface area contributed by atoms with Gasteiger partial charge in [0.15, 0.2) is 0 Å². The monoisotopic (exact) mass is 297 g/mol. The Balaban J connectivity index is 1.46. The minimum atomic E-state index is 0.385. The van der Waals surface area contributed by atoms with Crippen LogP contribution < -0.4 is 10.2 Å². The van der Waals surface area contributed by atoms with Crippen molar-refractivity contribution in [3.05, 3.63) is 48.8 Å². The fourth-order valence-electron chi connectivity index (χ4n) is 2.83. The first-order valence-corrected chi connectivity index (χ1v) is 7.87. The lowest BCUT2D eigenvalue weighted by Gasteiger charge is -2.36. The van der Waals surface area contributed by atoms with Crippen LogP contribution in [-0.4, -0.2) is 53.6 Å². The van der Waals surface area contributed by atoms with Crippen LogP contribution in [0, 0.1) is 0 Å². The maximum atomic E-state index is 4.43. The van der Waals surface area contributed by atoms with Crippen molar-refractivity contribution in [1.82, 2.24) is 14.9 Å². The topological polar surface area (TPSA) is 44.3 Å². The van der Waals surface area contributed by atoms with E-state index in [1.807, 2.05) is 42.7 Å². The van der Waals surface area contributed by atoms with Crippen molar-refractivity contribution in [3.8, 4) is 0 Å². The highest BCUT2D eigenvalue weighted by molar-refractivity contribution is 5.38. The summed E-state index contributed by atoms with van der Waals surface area (Å²) in [4.78, 5) is 13.6. The van der Waals surface area contributed by atoms with Gasteiger partial charge in [-0.05, 0) is 31.2 Å². The zero-order valence-electron chi connectivity index (χ0n) is 13.0. The number of hydrogen-bond donors (Lipinski definition) is 1. The van der Waals surface area contributed by atoms with Crippen molar-refractivity contribution in [1.29, 1.82) is 0 Å². The van der Waals surface area contributed by atoms with Crippen LogP contribution in [-0.2, 0) is 0 Å². The van der Waals surface area contributed by atoms with Gasteiger partial charge >= 0.3 is 0 Å². The van der Waals surface area contributed by atoms with E-state index in [9.17, 15) is 0 Å². The van der Waals surface area contributed by atoms with Gasteiger partial charge in [0.05, 0.1) is 0 Å². The number of nitrogens with one attached hydrogen (secondary N) is 1. The van der Waals surface area contributed by atoms with Gasteiger partial charge < -0.3 is 10.2 Å². The molecule has 116 valence electrons. The molecule has 1 fully saturated rings. The summed E-state index contributed by atoms with van der Waals surface area (Å²) in [5, 5.41) is 3.45. The lowest BCUT2D eigenvalue weighted by atomic mass is 10.2. The molecule has 5 heteroatoms. The van der Waals surface area contributed by atoms with Crippen LogP contribution in [0.25, 0.3) is 0 Å². The molecule has 2 aromatic heterocycles. The second-order valence-electron chi connectivity index (χ2n) is 5.74. The molecule has 1 aliphatic heterocycles. The molecule has 0 aromatic carbocycles. The Morgan fingerprint density at radius 2 is 1.73 bits per heavy atom. The molecule has 5 nitrogen and oxygen atoms in total. The summed E-state index contributed by atoms with van der Waals surface area (Å²) in [7, 11) is 0. The molecule has 1 saturated heterocycles. The van der Waals surface area contributed by atoms with E-state index in [-0.39, 0.29) is 0 Å². The van der Waals surface area contributed by atoms with Gasteiger partial charge in [0, 0.05) is 51.2 Å². The van der Waals surface area contributed by atoms with Gasteiger partial charge in [-0.2, -0.15) is 0 Å². The second kappa shape index (κ2) is 7.22. The Morgan fingerprint density at radius 3 is 2.36 bits per heavy atom. The molecule has 2 aromatic rings. The lowest BCUT2D eigenvalue weighted by Crippen LogP contribution is -2.49. The summed E-state index contributed by atoms with van der Waals surface area (Å²) in [5.74, 6) is 2.03. The molecule has 3 heterocycles. The minimum absolute atomic E-state index is 0.385. The maximum absolute atomic E-state index is 4.43. The van der Waals surface area contributed by atoms with E-state index in [0.29, 0.717) is 6.04 Å². The first kappa shape index (κ1) is 14.8. The molecule has 1 aliphatic rings. The summed E-state index contributed by atoms with van der Waals surface area (Å²) >= 11 is 0. The molecule has 3 rings (SSSR count). The molecule has 0 amide bonds. The lowest BCUT2D eigenvalue weighted by molar-refractivity contribution is 0.250. The number of nitrogens with zero attached hydrogens (tertiary/aromatic N) is 4. The first-order valence-electron chi connectivity index (χ1n) is 7.87. The predicted octanol–water partition coefficient (Wildman–Crippen LogP) is 2.10. The van der Waals surface area contributed by atoms with Crippen LogP contribution in [0.2, 0.25) is 0 Å². The summed E-state index contributed by atoms with van der Waals surface area (Å²) < 4.78 is 0. The molecule has 1 N–H and O–H groups in total. The molecule has 0 aliphatic carbocycles. The van der Waals surface area contributed by atoms with Crippen LogP contribution in [0.4, 0.5) is 11.6 Å². The van der Waals surface area contributed by atoms with Crippen molar-refractivity contribution < 1.29 is 0 Å². The number of anilines is 2. The van der Waals surface area contributed by atoms with Crippen molar-refractivity contribution in [2.45, 2.75) is 13.0 Å². The molecule has 1 atom stereocenters. The fraction of sp³-hybridized carbons (Fsp3) is 0.412. The van der Waals surface area contributed by atoms with Crippen molar-refractivity contribution >= 4 is 11.6 Å². The van der Waals surface area contributed by atoms with E-state index >= 15 is 0 Å². The second-order valence-corrected chi connectivity index (χ2v) is 5.74. The smallest absolute Gasteiger partial charge is 0.128 e. The van der Waals surface area contributed by atoms with Crippen LogP contribution in [0.5, 0.6) is 0 Å². The van der Waals surface area contributed by atoms with E-state index in [4.69, 9.17) is 0 Å². The zero-order valence-corrected chi connectivity index (χ0v) is 13.0. The molecular formula is C17H23N5. The maximum Gasteiger partial charge on any atom is 0.128 e. The number of hydrogen-bond acceptors (Lipinski definition) is 5. The van der Waals surface area contributed by atoms with Gasteiger partial charge in [-0.25, -0.2) is 9.97 Å². The van der Waals surface area contributed by atoms with Crippen LogP contribution >= 0.6 is 0 Å². The summed E-state index contributed by atoms with van der Waals surface area (Å²) in [5.41, 5.74) is 0. The molecule has 0 spiro atoms. The third kappa shape index (κ3) is 3.95. The van der Waals surface area contributed by atoms with Gasteiger partial charge in [-0.15, -0.1) is 0 Å². The van der Waals surface area contributed by atoms with Crippen LogP contribution in [0.15, 0.2) is 48.8 Å². The Bertz CT molecular complexity index is 552. The average Bonchev–Trinajstić information content (AvgIpc) is 2.57. The van der Waals surface area contributed by atoms with Crippen LogP contribution in [0.1, 0.15) is 6.92 Å². The summed E-state index contributed by atoms with van der Waals surface area (Å²) in [6, 6.07) is 12.4. The van der Waals surface area contributed by atoms with Gasteiger partial charge in [0.25, 0.3) is 0 Å². The molecule has 22 heavy (non-hydrogen) atoms. The van der Waals surface area contributed by atoms with E-state index in [0.717, 1.165) is 44.4 Å². The summed E-state index contributed by atoms with van der Waals surface area (Å²) in [6.45, 7) is 7.46. The van der Waals surface area contributed by atoms with E-state index in [1.165, 1.54) is 0 Å². The summed E-state index contributed by atoms with van der Waals surface area (Å²) in [6.07, 6.45) is 3.68. The first-order chi connectivity index (χ1) is 10.8. The number of rotatable bonds is 5. The van der Waals surface area contributed by atoms with Crippen LogP contribution in [0.3, 0.4) is 0 Å². The van der Waals surface area contributed by atoms with Gasteiger partial charge in [0.2, 0.25) is 0 Å². The highest BCUT2D eigenvalue weighted by Crippen LogP contribution is 2.13. The largest absolute Gasteiger partial charge is 0.366 e. The van der Waals surface area contributed by atoms with Gasteiger partial charge in [-0.1, -0.05) is 12.1 Å². The predicted molar refractivity (Wildman–Crippen MR) is 90.2 cm³/mol. The van der Waals surface area contributed by atoms with Crippen molar-refractivity contribution in [2.75, 3.05) is 42.9 Å². The van der Waals surface area contributed by atoms with Crippen molar-refractivity contribution in [3.63, 3.8) is 0 Å². The molecule has 0 saturated carbocycles. The number of aromatic nitrogens is 2. The standard InChI is InChI=1S/C17H23N5/c1-15(20-16-6-2-4-8-18-16)14-21-10-12-22(13-11-21)17-7-3-5-9-19-17/h2-9,15H,10-14H2,1H3,(H,18,20)/t15-/m1/s1. The Labute approximate surface area is 132 Å². The Kier molecular flexibility index (Phi) is 4.85. The Morgan fingerprint density at radius 1 is 1.00 bits per heavy atom. The average molecular weight is 297 g/mol. The normalized spacial score (nSPS) is 17.2. The SMILES string of the molecule is C[C@H](CN1CCN(c2ccccn2)CC1)Nc1ccccn1. The van der Waals surface area contributed by atoms with E-state index in [2.05, 4.69) is 38.1 Å². The van der Waals surface area contributed by atoms with Gasteiger partial charge in [-0.3, -0.25) is 4.90 Å².